The van der Waals surface area contributed by atoms with Crippen LogP contribution in [0.4, 0.5) is 0 Å². The first-order chi connectivity index (χ1) is 17.9. The molecule has 0 aromatic heterocycles. The van der Waals surface area contributed by atoms with Crippen LogP contribution in [0.5, 0.6) is 0 Å². The zero-order valence-corrected chi connectivity index (χ0v) is 26.0. The van der Waals surface area contributed by atoms with Crippen LogP contribution in [-0.4, -0.2) is 0 Å². The highest BCUT2D eigenvalue weighted by Gasteiger charge is 2.20. The summed E-state index contributed by atoms with van der Waals surface area (Å²) in [6.45, 7) is 13.6. The van der Waals surface area contributed by atoms with E-state index in [9.17, 15) is 0 Å². The molecule has 0 aliphatic heterocycles. The molecule has 38 heavy (non-hydrogen) atoms. The molecular formula is C36H32Br2. The monoisotopic (exact) mass is 622 g/mol. The Kier molecular flexibility index (Phi) is 6.01. The smallest absolute Gasteiger partial charge is 0.0260 e. The Labute approximate surface area is 242 Å². The van der Waals surface area contributed by atoms with Gasteiger partial charge in [-0.1, -0.05) is 146 Å². The van der Waals surface area contributed by atoms with Crippen LogP contribution in [0.25, 0.3) is 54.6 Å². The van der Waals surface area contributed by atoms with Crippen LogP contribution in [0.15, 0.2) is 93.9 Å². The quantitative estimate of drug-likeness (QED) is 0.168. The average molecular weight is 624 g/mol. The molecule has 0 spiro atoms. The second-order valence-electron chi connectivity index (χ2n) is 12.5. The summed E-state index contributed by atoms with van der Waals surface area (Å²) in [4.78, 5) is 0. The lowest BCUT2D eigenvalue weighted by atomic mass is 9.84. The minimum atomic E-state index is 0.134. The van der Waals surface area contributed by atoms with Gasteiger partial charge in [0.15, 0.2) is 0 Å². The molecule has 0 unspecified atom stereocenters. The Hall–Kier alpha value is -2.68. The largest absolute Gasteiger partial charge is 0.0579 e. The van der Waals surface area contributed by atoms with Crippen molar-refractivity contribution in [2.24, 2.45) is 0 Å². The fourth-order valence-electron chi connectivity index (χ4n) is 5.68. The Balaban J connectivity index is 1.63. The SMILES string of the molecule is CC(C)(C)c1ccc(-c2cc(Br)c3ccc4c(-c5ccc(C(C)(C)C)cc5)cc(Br)c5ccc2c3c54)cc1. The maximum Gasteiger partial charge on any atom is 0.0260 e. The molecule has 6 aromatic rings. The van der Waals surface area contributed by atoms with Crippen LogP contribution in [0, 0.1) is 0 Å². The summed E-state index contributed by atoms with van der Waals surface area (Å²) in [5, 5.41) is 7.71. The van der Waals surface area contributed by atoms with Gasteiger partial charge < -0.3 is 0 Å². The van der Waals surface area contributed by atoms with Crippen molar-refractivity contribution in [2.75, 3.05) is 0 Å². The molecule has 0 nitrogen and oxygen atoms in total. The van der Waals surface area contributed by atoms with E-state index in [-0.39, 0.29) is 10.8 Å². The standard InChI is InChI=1S/C36H32Br2/c1-35(2,3)23-11-7-21(8-12-23)29-19-31(37)27-18-16-26-30(22-9-13-24(14-10-22)36(4,5)6)20-32(38)28-17-15-25(29)33(27)34(26)28/h7-20H,1-6H3. The predicted octanol–water partition coefficient (Wildman–Crippen LogP) is 12.0. The van der Waals surface area contributed by atoms with E-state index in [1.54, 1.807) is 0 Å². The van der Waals surface area contributed by atoms with Crippen molar-refractivity contribution in [3.63, 3.8) is 0 Å². The molecule has 0 radical (unpaired) electrons. The molecule has 0 N–H and O–H groups in total. The van der Waals surface area contributed by atoms with Gasteiger partial charge >= 0.3 is 0 Å². The fraction of sp³-hybridized carbons (Fsp3) is 0.222. The van der Waals surface area contributed by atoms with E-state index in [0.29, 0.717) is 0 Å². The van der Waals surface area contributed by atoms with Crippen molar-refractivity contribution < 1.29 is 0 Å². The van der Waals surface area contributed by atoms with Gasteiger partial charge in [0.25, 0.3) is 0 Å². The topological polar surface area (TPSA) is 0 Å². The van der Waals surface area contributed by atoms with E-state index in [2.05, 4.69) is 158 Å². The minimum Gasteiger partial charge on any atom is -0.0579 e. The first-order valence-electron chi connectivity index (χ1n) is 13.2. The number of benzene rings is 6. The summed E-state index contributed by atoms with van der Waals surface area (Å²) >= 11 is 7.86. The zero-order chi connectivity index (χ0) is 27.0. The van der Waals surface area contributed by atoms with Crippen molar-refractivity contribution >= 4 is 64.2 Å². The molecule has 190 valence electrons. The number of hydrogen-bond donors (Lipinski definition) is 0. The van der Waals surface area contributed by atoms with Gasteiger partial charge in [0.2, 0.25) is 0 Å². The molecule has 0 heterocycles. The van der Waals surface area contributed by atoms with Crippen LogP contribution in [0.1, 0.15) is 52.7 Å². The van der Waals surface area contributed by atoms with Crippen LogP contribution in [0.2, 0.25) is 0 Å². The Morgan fingerprint density at radius 1 is 0.421 bits per heavy atom. The lowest BCUT2D eigenvalue weighted by molar-refractivity contribution is 0.590. The average Bonchev–Trinajstić information content (AvgIpc) is 2.88. The van der Waals surface area contributed by atoms with Crippen LogP contribution < -0.4 is 0 Å². The van der Waals surface area contributed by atoms with Gasteiger partial charge in [-0.3, -0.25) is 0 Å². The normalized spacial score (nSPS) is 12.7. The summed E-state index contributed by atoms with van der Waals surface area (Å²) in [6, 6.07) is 31.9. The molecule has 0 saturated heterocycles. The number of halogens is 2. The van der Waals surface area contributed by atoms with Crippen LogP contribution in [-0.2, 0) is 10.8 Å². The van der Waals surface area contributed by atoms with Crippen molar-refractivity contribution in [3.05, 3.63) is 105 Å². The summed E-state index contributed by atoms with van der Waals surface area (Å²) in [6.07, 6.45) is 0. The van der Waals surface area contributed by atoms with E-state index >= 15 is 0 Å². The van der Waals surface area contributed by atoms with E-state index < -0.39 is 0 Å². The minimum absolute atomic E-state index is 0.134. The summed E-state index contributed by atoms with van der Waals surface area (Å²) in [5.74, 6) is 0. The van der Waals surface area contributed by atoms with Gasteiger partial charge in [0.1, 0.15) is 0 Å². The third kappa shape index (κ3) is 4.17. The fourth-order valence-corrected chi connectivity index (χ4v) is 6.80. The molecule has 0 aliphatic rings. The first kappa shape index (κ1) is 25.6. The van der Waals surface area contributed by atoms with E-state index in [1.165, 1.54) is 65.7 Å². The van der Waals surface area contributed by atoms with Crippen molar-refractivity contribution in [2.45, 2.75) is 52.4 Å². The number of hydrogen-bond acceptors (Lipinski definition) is 0. The van der Waals surface area contributed by atoms with Gasteiger partial charge in [-0.25, -0.2) is 0 Å². The molecule has 2 heteroatoms. The third-order valence-electron chi connectivity index (χ3n) is 7.92. The van der Waals surface area contributed by atoms with Gasteiger partial charge in [0.05, 0.1) is 0 Å². The van der Waals surface area contributed by atoms with Gasteiger partial charge in [0, 0.05) is 8.95 Å². The summed E-state index contributed by atoms with van der Waals surface area (Å²) in [7, 11) is 0. The molecule has 0 atom stereocenters. The van der Waals surface area contributed by atoms with Gasteiger partial charge in [-0.2, -0.15) is 0 Å². The lowest BCUT2D eigenvalue weighted by Crippen LogP contribution is -2.10. The van der Waals surface area contributed by atoms with Gasteiger partial charge in [-0.15, -0.1) is 0 Å². The van der Waals surface area contributed by atoms with Crippen molar-refractivity contribution in [1.29, 1.82) is 0 Å². The Bertz CT molecular complexity index is 1670. The molecule has 6 rings (SSSR count). The third-order valence-corrected chi connectivity index (χ3v) is 9.23. The first-order valence-corrected chi connectivity index (χ1v) is 14.8. The molecule has 0 amide bonds. The van der Waals surface area contributed by atoms with Gasteiger partial charge in [-0.05, 0) is 88.7 Å². The summed E-state index contributed by atoms with van der Waals surface area (Å²) in [5.41, 5.74) is 7.98. The molecule has 0 fully saturated rings. The second-order valence-corrected chi connectivity index (χ2v) is 14.2. The Morgan fingerprint density at radius 3 is 1.05 bits per heavy atom. The summed E-state index contributed by atoms with van der Waals surface area (Å²) < 4.78 is 2.26. The molecule has 0 bridgehead atoms. The lowest BCUT2D eigenvalue weighted by Gasteiger charge is -2.21. The maximum absolute atomic E-state index is 3.93. The van der Waals surface area contributed by atoms with E-state index in [4.69, 9.17) is 0 Å². The molecule has 0 saturated carbocycles. The number of rotatable bonds is 2. The highest BCUT2D eigenvalue weighted by molar-refractivity contribution is 9.11. The molecular weight excluding hydrogens is 592 g/mol. The maximum atomic E-state index is 3.93. The molecule has 6 aromatic carbocycles. The molecule has 0 aliphatic carbocycles. The van der Waals surface area contributed by atoms with Crippen molar-refractivity contribution in [1.82, 2.24) is 0 Å². The zero-order valence-electron chi connectivity index (χ0n) is 22.8. The van der Waals surface area contributed by atoms with Crippen molar-refractivity contribution in [3.8, 4) is 22.3 Å². The highest BCUT2D eigenvalue weighted by atomic mass is 79.9. The van der Waals surface area contributed by atoms with E-state index in [0.717, 1.165) is 8.95 Å². The predicted molar refractivity (Wildman–Crippen MR) is 174 cm³/mol. The highest BCUT2D eigenvalue weighted by Crippen LogP contribution is 2.47. The van der Waals surface area contributed by atoms with Crippen LogP contribution in [0.3, 0.4) is 0 Å². The van der Waals surface area contributed by atoms with E-state index in [1.807, 2.05) is 0 Å². The van der Waals surface area contributed by atoms with Crippen LogP contribution >= 0.6 is 31.9 Å². The second kappa shape index (κ2) is 8.93. The Morgan fingerprint density at radius 2 is 0.737 bits per heavy atom.